The number of methoxy groups -OCH3 is 1. The van der Waals surface area contributed by atoms with Gasteiger partial charge >= 0.3 is 5.97 Å². The van der Waals surface area contributed by atoms with Crippen LogP contribution < -0.4 is 11.1 Å². The third-order valence-corrected chi connectivity index (χ3v) is 5.76. The highest BCUT2D eigenvalue weighted by Gasteiger charge is 2.54. The first-order valence-corrected chi connectivity index (χ1v) is 10.3. The molecule has 1 amide bonds. The summed E-state index contributed by atoms with van der Waals surface area (Å²) in [6.07, 6.45) is 7.15. The van der Waals surface area contributed by atoms with E-state index in [0.29, 0.717) is 12.8 Å². The number of carbonyl (C=O) groups is 3. The van der Waals surface area contributed by atoms with Gasteiger partial charge in [-0.05, 0) is 33.1 Å². The molecule has 2 unspecified atom stereocenters. The first-order valence-electron chi connectivity index (χ1n) is 10.3. The highest BCUT2D eigenvalue weighted by Crippen LogP contribution is 2.37. The minimum atomic E-state index is -1.52. The van der Waals surface area contributed by atoms with Crippen molar-refractivity contribution in [1.29, 1.82) is 0 Å². The van der Waals surface area contributed by atoms with Crippen molar-refractivity contribution in [2.45, 2.75) is 96.6 Å². The van der Waals surface area contributed by atoms with Gasteiger partial charge in [-0.2, -0.15) is 0 Å². The van der Waals surface area contributed by atoms with Crippen LogP contribution in [0.1, 0.15) is 85.5 Å². The van der Waals surface area contributed by atoms with Crippen molar-refractivity contribution in [2.24, 2.45) is 17.6 Å². The second-order valence-electron chi connectivity index (χ2n) is 8.60. The molecule has 1 aliphatic rings. The Morgan fingerprint density at radius 1 is 1.26 bits per heavy atom. The molecule has 1 saturated heterocycles. The van der Waals surface area contributed by atoms with Crippen LogP contribution in [0.4, 0.5) is 0 Å². The minimum absolute atomic E-state index is 0.177. The summed E-state index contributed by atoms with van der Waals surface area (Å²) >= 11 is 0. The highest BCUT2D eigenvalue weighted by atomic mass is 16.5. The monoisotopic (exact) mass is 382 g/mol. The molecule has 1 fully saturated rings. The number of rotatable bonds is 12. The van der Waals surface area contributed by atoms with Crippen molar-refractivity contribution in [1.82, 2.24) is 5.32 Å². The first-order chi connectivity index (χ1) is 12.6. The Kier molecular flexibility index (Phi) is 8.92. The molecule has 0 spiro atoms. The van der Waals surface area contributed by atoms with E-state index in [2.05, 4.69) is 12.2 Å². The van der Waals surface area contributed by atoms with Gasteiger partial charge in [0, 0.05) is 11.5 Å². The van der Waals surface area contributed by atoms with Crippen molar-refractivity contribution in [2.75, 3.05) is 7.11 Å². The van der Waals surface area contributed by atoms with Crippen molar-refractivity contribution >= 4 is 17.7 Å². The van der Waals surface area contributed by atoms with Crippen LogP contribution >= 0.6 is 0 Å². The zero-order chi connectivity index (χ0) is 20.7. The third-order valence-electron chi connectivity index (χ3n) is 5.76. The Balaban J connectivity index is 2.98. The molecule has 6 heteroatoms. The van der Waals surface area contributed by atoms with Crippen LogP contribution in [0.3, 0.4) is 0 Å². The maximum Gasteiger partial charge on any atom is 0.307 e. The standard InChI is InChI=1S/C21H38N2O4/c1-6-8-9-10-11-12-15(7-2)18(25)21(22,14-17(24)27-5)16-13-20(3,4)23-19(16)26/h15-16H,6-14,22H2,1-5H3,(H,23,26)/t15?,16-,21?/m0/s1. The summed E-state index contributed by atoms with van der Waals surface area (Å²) in [4.78, 5) is 38.0. The quantitative estimate of drug-likeness (QED) is 0.399. The minimum Gasteiger partial charge on any atom is -0.469 e. The zero-order valence-corrected chi connectivity index (χ0v) is 17.7. The van der Waals surface area contributed by atoms with E-state index in [4.69, 9.17) is 10.5 Å². The summed E-state index contributed by atoms with van der Waals surface area (Å²) < 4.78 is 4.78. The number of hydrogen-bond acceptors (Lipinski definition) is 5. The topological polar surface area (TPSA) is 98.5 Å². The van der Waals surface area contributed by atoms with E-state index in [1.54, 1.807) is 0 Å². The van der Waals surface area contributed by atoms with E-state index in [-0.39, 0.29) is 24.0 Å². The Bertz CT molecular complexity index is 532. The van der Waals surface area contributed by atoms with Crippen molar-refractivity contribution in [3.05, 3.63) is 0 Å². The van der Waals surface area contributed by atoms with Crippen LogP contribution in [0.15, 0.2) is 0 Å². The van der Waals surface area contributed by atoms with E-state index in [1.165, 1.54) is 20.0 Å². The predicted molar refractivity (Wildman–Crippen MR) is 106 cm³/mol. The van der Waals surface area contributed by atoms with Gasteiger partial charge in [0.2, 0.25) is 5.91 Å². The molecule has 1 heterocycles. The fourth-order valence-corrected chi connectivity index (χ4v) is 4.08. The smallest absolute Gasteiger partial charge is 0.307 e. The number of ether oxygens (including phenoxy) is 1. The maximum atomic E-state index is 13.4. The molecule has 3 N–H and O–H groups in total. The lowest BCUT2D eigenvalue weighted by Crippen LogP contribution is -2.59. The average Bonchev–Trinajstić information content (AvgIpc) is 2.90. The molecule has 156 valence electrons. The Morgan fingerprint density at radius 2 is 1.89 bits per heavy atom. The SMILES string of the molecule is CCCCCCCC(CC)C(=O)C(N)(CC(=O)OC)[C@H]1CC(C)(C)NC1=O. The number of Topliss-reactive ketones (excluding diaryl/α,β-unsaturated/α-hetero) is 1. The van der Waals surface area contributed by atoms with E-state index < -0.39 is 23.0 Å². The fraction of sp³-hybridized carbons (Fsp3) is 0.857. The van der Waals surface area contributed by atoms with Gasteiger partial charge in [0.1, 0.15) is 0 Å². The number of hydrogen-bond donors (Lipinski definition) is 2. The average molecular weight is 383 g/mol. The summed E-state index contributed by atoms with van der Waals surface area (Å²) in [5.41, 5.74) is 4.59. The lowest BCUT2D eigenvalue weighted by Gasteiger charge is -2.35. The second kappa shape index (κ2) is 10.2. The molecule has 0 aliphatic carbocycles. The molecule has 27 heavy (non-hydrogen) atoms. The molecule has 0 bridgehead atoms. The molecule has 0 radical (unpaired) electrons. The molecule has 0 aromatic heterocycles. The van der Waals surface area contributed by atoms with E-state index >= 15 is 0 Å². The van der Waals surface area contributed by atoms with Gasteiger partial charge in [-0.25, -0.2) is 0 Å². The number of carbonyl (C=O) groups excluding carboxylic acids is 3. The number of nitrogens with one attached hydrogen (secondary N) is 1. The van der Waals surface area contributed by atoms with Crippen LogP contribution in [-0.4, -0.2) is 35.8 Å². The number of unbranched alkanes of at least 4 members (excludes halogenated alkanes) is 4. The normalized spacial score (nSPS) is 22.0. The van der Waals surface area contributed by atoms with Gasteiger partial charge in [0.15, 0.2) is 5.78 Å². The maximum absolute atomic E-state index is 13.4. The summed E-state index contributed by atoms with van der Waals surface area (Å²) in [6.45, 7) is 7.94. The van der Waals surface area contributed by atoms with Crippen LogP contribution in [0.2, 0.25) is 0 Å². The van der Waals surface area contributed by atoms with Gasteiger partial charge in [-0.1, -0.05) is 46.0 Å². The molecular formula is C21H38N2O4. The Labute approximate surface area is 164 Å². The summed E-state index contributed by atoms with van der Waals surface area (Å²) in [7, 11) is 1.27. The molecule has 6 nitrogen and oxygen atoms in total. The van der Waals surface area contributed by atoms with E-state index in [1.807, 2.05) is 20.8 Å². The largest absolute Gasteiger partial charge is 0.469 e. The number of esters is 1. The van der Waals surface area contributed by atoms with Crippen LogP contribution in [0.25, 0.3) is 0 Å². The van der Waals surface area contributed by atoms with Gasteiger partial charge in [0.25, 0.3) is 0 Å². The van der Waals surface area contributed by atoms with Gasteiger partial charge in [-0.15, -0.1) is 0 Å². The lowest BCUT2D eigenvalue weighted by atomic mass is 9.70. The molecule has 0 aromatic rings. The summed E-state index contributed by atoms with van der Waals surface area (Å²) in [5, 5.41) is 2.90. The molecule has 1 aliphatic heterocycles. The van der Waals surface area contributed by atoms with Crippen LogP contribution in [0, 0.1) is 11.8 Å². The Morgan fingerprint density at radius 3 is 2.37 bits per heavy atom. The number of nitrogens with two attached hydrogens (primary N) is 1. The summed E-state index contributed by atoms with van der Waals surface area (Å²) in [6, 6.07) is 0. The fourth-order valence-electron chi connectivity index (χ4n) is 4.08. The Hall–Kier alpha value is -1.43. The lowest BCUT2D eigenvalue weighted by molar-refractivity contribution is -0.148. The third kappa shape index (κ3) is 6.30. The van der Waals surface area contributed by atoms with Gasteiger partial charge in [-0.3, -0.25) is 14.4 Å². The van der Waals surface area contributed by atoms with Crippen molar-refractivity contribution in [3.63, 3.8) is 0 Å². The molecule has 1 rings (SSSR count). The summed E-state index contributed by atoms with van der Waals surface area (Å²) in [5.74, 6) is -1.94. The van der Waals surface area contributed by atoms with Crippen molar-refractivity contribution in [3.8, 4) is 0 Å². The highest BCUT2D eigenvalue weighted by molar-refractivity contribution is 5.99. The van der Waals surface area contributed by atoms with Crippen LogP contribution in [0.5, 0.6) is 0 Å². The number of ketones is 1. The van der Waals surface area contributed by atoms with Crippen LogP contribution in [-0.2, 0) is 19.1 Å². The molecular weight excluding hydrogens is 344 g/mol. The molecule has 0 aromatic carbocycles. The van der Waals surface area contributed by atoms with E-state index in [0.717, 1.165) is 25.7 Å². The van der Waals surface area contributed by atoms with E-state index in [9.17, 15) is 14.4 Å². The van der Waals surface area contributed by atoms with Gasteiger partial charge in [0.05, 0.1) is 25.0 Å². The zero-order valence-electron chi connectivity index (χ0n) is 17.7. The van der Waals surface area contributed by atoms with Crippen molar-refractivity contribution < 1.29 is 19.1 Å². The van der Waals surface area contributed by atoms with Gasteiger partial charge < -0.3 is 15.8 Å². The second-order valence-corrected chi connectivity index (χ2v) is 8.60. The first kappa shape index (κ1) is 23.6. The predicted octanol–water partition coefficient (Wildman–Crippen LogP) is 3.12. The number of amides is 1. The molecule has 0 saturated carbocycles. The molecule has 3 atom stereocenters.